The SMILES string of the molecule is CN(Cc1cn[nH]c1)S(=O)(=O)c1cccc(F)c1CN. The molecule has 0 aliphatic carbocycles. The Morgan fingerprint density at radius 2 is 2.20 bits per heavy atom. The van der Waals surface area contributed by atoms with Crippen LogP contribution in [0.3, 0.4) is 0 Å². The van der Waals surface area contributed by atoms with Crippen LogP contribution < -0.4 is 5.73 Å². The Labute approximate surface area is 116 Å². The van der Waals surface area contributed by atoms with Crippen molar-refractivity contribution in [3.8, 4) is 0 Å². The molecule has 0 spiro atoms. The molecule has 0 radical (unpaired) electrons. The van der Waals surface area contributed by atoms with E-state index < -0.39 is 15.8 Å². The molecule has 3 N–H and O–H groups in total. The molecule has 0 aliphatic rings. The topological polar surface area (TPSA) is 92.1 Å². The fourth-order valence-electron chi connectivity index (χ4n) is 1.85. The molecule has 2 aromatic rings. The number of aromatic amines is 1. The van der Waals surface area contributed by atoms with Gasteiger partial charge >= 0.3 is 0 Å². The lowest BCUT2D eigenvalue weighted by molar-refractivity contribution is 0.464. The van der Waals surface area contributed by atoms with E-state index in [2.05, 4.69) is 10.2 Å². The predicted octanol–water partition coefficient (Wildman–Crippen LogP) is 0.828. The molecule has 0 saturated carbocycles. The van der Waals surface area contributed by atoms with Crippen molar-refractivity contribution >= 4 is 10.0 Å². The van der Waals surface area contributed by atoms with Gasteiger partial charge in [-0.2, -0.15) is 9.40 Å². The third-order valence-corrected chi connectivity index (χ3v) is 4.82. The summed E-state index contributed by atoms with van der Waals surface area (Å²) in [5.74, 6) is -0.620. The van der Waals surface area contributed by atoms with Gasteiger partial charge in [0.05, 0.1) is 11.1 Å². The average Bonchev–Trinajstić information content (AvgIpc) is 2.91. The van der Waals surface area contributed by atoms with E-state index in [9.17, 15) is 12.8 Å². The summed E-state index contributed by atoms with van der Waals surface area (Å²) in [5.41, 5.74) is 6.15. The summed E-state index contributed by atoms with van der Waals surface area (Å²) in [6.07, 6.45) is 3.13. The number of benzene rings is 1. The molecule has 1 aromatic heterocycles. The van der Waals surface area contributed by atoms with Crippen molar-refractivity contribution in [2.45, 2.75) is 18.0 Å². The summed E-state index contributed by atoms with van der Waals surface area (Å²) < 4.78 is 39.7. The molecular formula is C12H15FN4O2S. The molecule has 0 unspecified atom stereocenters. The van der Waals surface area contributed by atoms with Gasteiger partial charge in [0.15, 0.2) is 0 Å². The summed E-state index contributed by atoms with van der Waals surface area (Å²) in [6, 6.07) is 3.90. The van der Waals surface area contributed by atoms with E-state index in [1.165, 1.54) is 31.4 Å². The fourth-order valence-corrected chi connectivity index (χ4v) is 3.25. The van der Waals surface area contributed by atoms with Gasteiger partial charge in [-0.3, -0.25) is 5.10 Å². The first-order valence-corrected chi connectivity index (χ1v) is 7.32. The van der Waals surface area contributed by atoms with Gasteiger partial charge in [-0.05, 0) is 12.1 Å². The molecule has 0 aliphatic heterocycles. The maximum atomic E-state index is 13.6. The molecule has 6 nitrogen and oxygen atoms in total. The van der Waals surface area contributed by atoms with E-state index in [0.717, 1.165) is 4.31 Å². The van der Waals surface area contributed by atoms with Crippen molar-refractivity contribution in [2.75, 3.05) is 7.05 Å². The zero-order valence-electron chi connectivity index (χ0n) is 10.9. The number of nitrogens with one attached hydrogen (secondary N) is 1. The van der Waals surface area contributed by atoms with Crippen LogP contribution in [0.4, 0.5) is 4.39 Å². The zero-order valence-corrected chi connectivity index (χ0v) is 11.7. The van der Waals surface area contributed by atoms with Crippen LogP contribution in [0.1, 0.15) is 11.1 Å². The number of nitrogens with zero attached hydrogens (tertiary/aromatic N) is 2. The van der Waals surface area contributed by atoms with Crippen molar-refractivity contribution < 1.29 is 12.8 Å². The Balaban J connectivity index is 2.37. The van der Waals surface area contributed by atoms with Crippen LogP contribution in [-0.4, -0.2) is 30.0 Å². The van der Waals surface area contributed by atoms with Gasteiger partial charge in [-0.15, -0.1) is 0 Å². The number of H-pyrrole nitrogens is 1. The minimum absolute atomic E-state index is 0.00783. The molecule has 8 heteroatoms. The molecule has 2 rings (SSSR count). The van der Waals surface area contributed by atoms with Gasteiger partial charge in [-0.1, -0.05) is 6.07 Å². The maximum Gasteiger partial charge on any atom is 0.243 e. The first-order chi connectivity index (χ1) is 9.46. The zero-order chi connectivity index (χ0) is 14.8. The lowest BCUT2D eigenvalue weighted by Crippen LogP contribution is -2.28. The highest BCUT2D eigenvalue weighted by Gasteiger charge is 2.25. The molecule has 0 fully saturated rings. The highest BCUT2D eigenvalue weighted by molar-refractivity contribution is 7.89. The van der Waals surface area contributed by atoms with Crippen LogP contribution in [0.15, 0.2) is 35.5 Å². The van der Waals surface area contributed by atoms with E-state index in [4.69, 9.17) is 5.73 Å². The van der Waals surface area contributed by atoms with Crippen LogP contribution in [0.5, 0.6) is 0 Å². The largest absolute Gasteiger partial charge is 0.326 e. The van der Waals surface area contributed by atoms with Gasteiger partial charge in [0.1, 0.15) is 5.82 Å². The van der Waals surface area contributed by atoms with Crippen molar-refractivity contribution in [3.63, 3.8) is 0 Å². The monoisotopic (exact) mass is 298 g/mol. The van der Waals surface area contributed by atoms with Crippen molar-refractivity contribution in [1.82, 2.24) is 14.5 Å². The molecule has 1 aromatic carbocycles. The van der Waals surface area contributed by atoms with E-state index in [1.54, 1.807) is 6.20 Å². The molecule has 20 heavy (non-hydrogen) atoms. The second-order valence-corrected chi connectivity index (χ2v) is 6.30. The number of hydrogen-bond acceptors (Lipinski definition) is 4. The van der Waals surface area contributed by atoms with Crippen molar-refractivity contribution in [2.24, 2.45) is 5.73 Å². The Morgan fingerprint density at radius 3 is 2.80 bits per heavy atom. The third-order valence-electron chi connectivity index (χ3n) is 2.93. The van der Waals surface area contributed by atoms with E-state index in [0.29, 0.717) is 5.56 Å². The number of halogens is 1. The first kappa shape index (κ1) is 14.6. The quantitative estimate of drug-likeness (QED) is 0.855. The Morgan fingerprint density at radius 1 is 1.45 bits per heavy atom. The number of rotatable bonds is 5. The lowest BCUT2D eigenvalue weighted by Gasteiger charge is -2.18. The normalized spacial score (nSPS) is 12.0. The van der Waals surface area contributed by atoms with Crippen LogP contribution >= 0.6 is 0 Å². The lowest BCUT2D eigenvalue weighted by atomic mass is 10.2. The smallest absolute Gasteiger partial charge is 0.243 e. The van der Waals surface area contributed by atoms with Gasteiger partial charge in [-0.25, -0.2) is 12.8 Å². The average molecular weight is 298 g/mol. The standard InChI is InChI=1S/C12H15FN4O2S/c1-17(8-9-6-15-16-7-9)20(18,19)12-4-2-3-11(13)10(12)5-14/h2-4,6-7H,5,8,14H2,1H3,(H,15,16). The molecule has 0 saturated heterocycles. The molecular weight excluding hydrogens is 283 g/mol. The Kier molecular flexibility index (Phi) is 4.17. The van der Waals surface area contributed by atoms with Crippen molar-refractivity contribution in [1.29, 1.82) is 0 Å². The highest BCUT2D eigenvalue weighted by atomic mass is 32.2. The minimum Gasteiger partial charge on any atom is -0.326 e. The predicted molar refractivity (Wildman–Crippen MR) is 71.5 cm³/mol. The number of aromatic nitrogens is 2. The van der Waals surface area contributed by atoms with Gasteiger partial charge in [0, 0.05) is 37.5 Å². The second kappa shape index (κ2) is 5.70. The Hall–Kier alpha value is -1.77. The van der Waals surface area contributed by atoms with Gasteiger partial charge in [0.2, 0.25) is 10.0 Å². The molecule has 0 amide bonds. The highest BCUT2D eigenvalue weighted by Crippen LogP contribution is 2.22. The summed E-state index contributed by atoms with van der Waals surface area (Å²) >= 11 is 0. The number of hydrogen-bond donors (Lipinski definition) is 2. The summed E-state index contributed by atoms with van der Waals surface area (Å²) in [5, 5.41) is 6.36. The van der Waals surface area contributed by atoms with E-state index in [-0.39, 0.29) is 23.5 Å². The fraction of sp³-hybridized carbons (Fsp3) is 0.250. The van der Waals surface area contributed by atoms with E-state index >= 15 is 0 Å². The van der Waals surface area contributed by atoms with Crippen molar-refractivity contribution in [3.05, 3.63) is 47.5 Å². The molecule has 1 heterocycles. The Bertz CT molecular complexity index is 685. The minimum atomic E-state index is -3.81. The maximum absolute atomic E-state index is 13.6. The first-order valence-electron chi connectivity index (χ1n) is 5.88. The van der Waals surface area contributed by atoms with Crippen LogP contribution in [0, 0.1) is 5.82 Å². The second-order valence-electron chi connectivity index (χ2n) is 4.29. The van der Waals surface area contributed by atoms with E-state index in [1.807, 2.05) is 0 Å². The summed E-state index contributed by atoms with van der Waals surface area (Å²) in [7, 11) is -2.38. The summed E-state index contributed by atoms with van der Waals surface area (Å²) in [6.45, 7) is -0.0415. The molecule has 0 atom stereocenters. The van der Waals surface area contributed by atoms with Crippen LogP contribution in [-0.2, 0) is 23.1 Å². The molecule has 0 bridgehead atoms. The van der Waals surface area contributed by atoms with Gasteiger partial charge in [0.25, 0.3) is 0 Å². The third kappa shape index (κ3) is 2.72. The summed E-state index contributed by atoms with van der Waals surface area (Å²) in [4.78, 5) is -0.106. The van der Waals surface area contributed by atoms with Crippen LogP contribution in [0.2, 0.25) is 0 Å². The number of nitrogens with two attached hydrogens (primary N) is 1. The van der Waals surface area contributed by atoms with Crippen LogP contribution in [0.25, 0.3) is 0 Å². The molecule has 108 valence electrons. The number of sulfonamides is 1. The van der Waals surface area contributed by atoms with Gasteiger partial charge < -0.3 is 5.73 Å².